The molecule has 0 radical (unpaired) electrons. The standard InChI is InChI=1S/C16H26N4O2.ClH/c1-16(2,3)22-15(21)20-8-4-5-12(11-20)13-9-18-14(6-7-17)19-10-13;/h9-10,12H,4-8,11,17H2,1-3H3;1H. The van der Waals surface area contributed by atoms with Crippen LogP contribution in [-0.2, 0) is 11.2 Å². The summed E-state index contributed by atoms with van der Waals surface area (Å²) in [5.74, 6) is 1.04. The molecule has 0 aromatic carbocycles. The number of ether oxygens (including phenoxy) is 1. The molecule has 0 saturated carbocycles. The number of aromatic nitrogens is 2. The van der Waals surface area contributed by atoms with Crippen molar-refractivity contribution in [3.05, 3.63) is 23.8 Å². The molecule has 1 aromatic heterocycles. The van der Waals surface area contributed by atoms with Gasteiger partial charge in [-0.3, -0.25) is 0 Å². The van der Waals surface area contributed by atoms with Gasteiger partial charge in [-0.1, -0.05) is 0 Å². The molecule has 1 aromatic rings. The van der Waals surface area contributed by atoms with Crippen LogP contribution in [0.25, 0.3) is 0 Å². The molecule has 1 fully saturated rings. The smallest absolute Gasteiger partial charge is 0.410 e. The Bertz CT molecular complexity index is 502. The zero-order valence-electron chi connectivity index (χ0n) is 14.1. The average Bonchev–Trinajstić information content (AvgIpc) is 2.47. The molecule has 1 saturated heterocycles. The summed E-state index contributed by atoms with van der Waals surface area (Å²) in [5.41, 5.74) is 6.12. The number of likely N-dealkylation sites (tertiary alicyclic amines) is 1. The van der Waals surface area contributed by atoms with Crippen LogP contribution in [0.5, 0.6) is 0 Å². The van der Waals surface area contributed by atoms with Gasteiger partial charge in [0.25, 0.3) is 0 Å². The van der Waals surface area contributed by atoms with Crippen LogP contribution < -0.4 is 5.73 Å². The Morgan fingerprint density at radius 2 is 2.04 bits per heavy atom. The van der Waals surface area contributed by atoms with Gasteiger partial charge in [0.05, 0.1) is 0 Å². The van der Waals surface area contributed by atoms with E-state index in [4.69, 9.17) is 10.5 Å². The Hall–Kier alpha value is -1.40. The Morgan fingerprint density at radius 3 is 2.61 bits per heavy atom. The molecule has 2 N–H and O–H groups in total. The fourth-order valence-electron chi connectivity index (χ4n) is 2.58. The Labute approximate surface area is 144 Å². The van der Waals surface area contributed by atoms with Gasteiger partial charge in [-0.15, -0.1) is 12.4 Å². The number of carbonyl (C=O) groups is 1. The normalized spacial score (nSPS) is 18.3. The molecule has 1 atom stereocenters. The van der Waals surface area contributed by atoms with Crippen LogP contribution in [0.4, 0.5) is 4.79 Å². The van der Waals surface area contributed by atoms with Gasteiger partial charge >= 0.3 is 6.09 Å². The number of nitrogens with two attached hydrogens (primary N) is 1. The van der Waals surface area contributed by atoms with E-state index in [0.29, 0.717) is 19.5 Å². The highest BCUT2D eigenvalue weighted by atomic mass is 35.5. The first-order chi connectivity index (χ1) is 10.4. The van der Waals surface area contributed by atoms with Crippen LogP contribution in [-0.4, -0.2) is 46.2 Å². The van der Waals surface area contributed by atoms with Crippen LogP contribution in [0.15, 0.2) is 12.4 Å². The third-order valence-corrected chi connectivity index (χ3v) is 3.64. The summed E-state index contributed by atoms with van der Waals surface area (Å²) in [4.78, 5) is 22.7. The maximum Gasteiger partial charge on any atom is 0.410 e. The number of halogens is 1. The molecule has 7 heteroatoms. The summed E-state index contributed by atoms with van der Waals surface area (Å²) in [5, 5.41) is 0. The number of amides is 1. The number of carbonyl (C=O) groups excluding carboxylic acids is 1. The van der Waals surface area contributed by atoms with Crippen molar-refractivity contribution in [3.8, 4) is 0 Å². The summed E-state index contributed by atoms with van der Waals surface area (Å²) < 4.78 is 5.45. The van der Waals surface area contributed by atoms with Crippen molar-refractivity contribution in [2.45, 2.75) is 51.6 Å². The predicted octanol–water partition coefficient (Wildman–Crippen LogP) is 2.51. The molecule has 6 nitrogen and oxygen atoms in total. The minimum Gasteiger partial charge on any atom is -0.444 e. The molecule has 2 heterocycles. The molecular formula is C16H27ClN4O2. The zero-order valence-corrected chi connectivity index (χ0v) is 14.9. The lowest BCUT2D eigenvalue weighted by molar-refractivity contribution is 0.0198. The van der Waals surface area contributed by atoms with Crippen LogP contribution in [0, 0.1) is 0 Å². The molecule has 0 aliphatic carbocycles. The highest BCUT2D eigenvalue weighted by molar-refractivity contribution is 5.85. The number of rotatable bonds is 3. The first-order valence-corrected chi connectivity index (χ1v) is 7.88. The van der Waals surface area contributed by atoms with Gasteiger partial charge in [-0.2, -0.15) is 0 Å². The quantitative estimate of drug-likeness (QED) is 0.912. The molecule has 0 spiro atoms. The fraction of sp³-hybridized carbons (Fsp3) is 0.688. The maximum absolute atomic E-state index is 12.2. The summed E-state index contributed by atoms with van der Waals surface area (Å²) in [6.07, 6.45) is 6.18. The number of nitrogens with zero attached hydrogens (tertiary/aromatic N) is 3. The zero-order chi connectivity index (χ0) is 16.2. The van der Waals surface area contributed by atoms with Crippen molar-refractivity contribution >= 4 is 18.5 Å². The first kappa shape index (κ1) is 19.6. The van der Waals surface area contributed by atoms with E-state index >= 15 is 0 Å². The fourth-order valence-corrected chi connectivity index (χ4v) is 2.58. The number of hydrogen-bond donors (Lipinski definition) is 1. The van der Waals surface area contributed by atoms with Gasteiger partial charge in [0.1, 0.15) is 11.4 Å². The molecular weight excluding hydrogens is 316 g/mol. The molecule has 2 rings (SSSR count). The Morgan fingerprint density at radius 1 is 1.39 bits per heavy atom. The third kappa shape index (κ3) is 5.95. The number of hydrogen-bond acceptors (Lipinski definition) is 5. The van der Waals surface area contributed by atoms with Gasteiger partial charge in [0, 0.05) is 37.8 Å². The van der Waals surface area contributed by atoms with E-state index < -0.39 is 5.60 Å². The van der Waals surface area contributed by atoms with E-state index in [1.165, 1.54) is 0 Å². The van der Waals surface area contributed by atoms with E-state index in [1.807, 2.05) is 33.2 Å². The van der Waals surface area contributed by atoms with E-state index in [-0.39, 0.29) is 24.4 Å². The first-order valence-electron chi connectivity index (χ1n) is 7.88. The monoisotopic (exact) mass is 342 g/mol. The Kier molecular flexibility index (Phi) is 7.22. The summed E-state index contributed by atoms with van der Waals surface area (Å²) in [6.45, 7) is 7.62. The van der Waals surface area contributed by atoms with Crippen molar-refractivity contribution in [1.29, 1.82) is 0 Å². The van der Waals surface area contributed by atoms with Crippen molar-refractivity contribution in [2.75, 3.05) is 19.6 Å². The molecule has 130 valence electrons. The molecule has 1 amide bonds. The summed E-state index contributed by atoms with van der Waals surface area (Å²) >= 11 is 0. The molecule has 1 aliphatic rings. The maximum atomic E-state index is 12.2. The van der Waals surface area contributed by atoms with E-state index in [9.17, 15) is 4.79 Å². The van der Waals surface area contributed by atoms with Gasteiger partial charge in [0.2, 0.25) is 0 Å². The minimum atomic E-state index is -0.461. The van der Waals surface area contributed by atoms with Gasteiger partial charge in [0.15, 0.2) is 0 Å². The second-order valence-corrected chi connectivity index (χ2v) is 6.74. The van der Waals surface area contributed by atoms with Crippen LogP contribution >= 0.6 is 12.4 Å². The van der Waals surface area contributed by atoms with E-state index in [0.717, 1.165) is 30.8 Å². The lowest BCUT2D eigenvalue weighted by atomic mass is 9.93. The Balaban J connectivity index is 0.00000264. The van der Waals surface area contributed by atoms with Gasteiger partial charge in [-0.05, 0) is 45.7 Å². The van der Waals surface area contributed by atoms with Crippen molar-refractivity contribution in [2.24, 2.45) is 5.73 Å². The molecule has 1 aliphatic heterocycles. The van der Waals surface area contributed by atoms with Gasteiger partial charge < -0.3 is 15.4 Å². The lowest BCUT2D eigenvalue weighted by Crippen LogP contribution is -2.42. The topological polar surface area (TPSA) is 81.3 Å². The molecule has 1 unspecified atom stereocenters. The average molecular weight is 343 g/mol. The van der Waals surface area contributed by atoms with Crippen LogP contribution in [0.2, 0.25) is 0 Å². The summed E-state index contributed by atoms with van der Waals surface area (Å²) in [6, 6.07) is 0. The summed E-state index contributed by atoms with van der Waals surface area (Å²) in [7, 11) is 0. The SMILES string of the molecule is CC(C)(C)OC(=O)N1CCCC(c2cnc(CCN)nc2)C1.Cl. The highest BCUT2D eigenvalue weighted by Crippen LogP contribution is 2.27. The number of piperidine rings is 1. The van der Waals surface area contributed by atoms with Crippen LogP contribution in [0.1, 0.15) is 50.9 Å². The lowest BCUT2D eigenvalue weighted by Gasteiger charge is -2.34. The van der Waals surface area contributed by atoms with Crippen molar-refractivity contribution < 1.29 is 9.53 Å². The largest absolute Gasteiger partial charge is 0.444 e. The third-order valence-electron chi connectivity index (χ3n) is 3.64. The van der Waals surface area contributed by atoms with Crippen LogP contribution in [0.3, 0.4) is 0 Å². The predicted molar refractivity (Wildman–Crippen MR) is 91.8 cm³/mol. The highest BCUT2D eigenvalue weighted by Gasteiger charge is 2.28. The molecule has 23 heavy (non-hydrogen) atoms. The second kappa shape index (κ2) is 8.45. The molecule has 0 bridgehead atoms. The minimum absolute atomic E-state index is 0. The van der Waals surface area contributed by atoms with E-state index in [2.05, 4.69) is 9.97 Å². The van der Waals surface area contributed by atoms with Crippen molar-refractivity contribution in [3.63, 3.8) is 0 Å². The van der Waals surface area contributed by atoms with Gasteiger partial charge in [-0.25, -0.2) is 14.8 Å². The van der Waals surface area contributed by atoms with Crippen molar-refractivity contribution in [1.82, 2.24) is 14.9 Å². The second-order valence-electron chi connectivity index (χ2n) is 6.74. The van der Waals surface area contributed by atoms with E-state index in [1.54, 1.807) is 4.90 Å².